The molecule has 106 valence electrons. The van der Waals surface area contributed by atoms with Crippen LogP contribution in [-0.4, -0.2) is 18.3 Å². The first-order valence-electron chi connectivity index (χ1n) is 6.41. The molecule has 0 bridgehead atoms. The van der Waals surface area contributed by atoms with Gasteiger partial charge in [0.1, 0.15) is 5.75 Å². The van der Waals surface area contributed by atoms with Crippen LogP contribution in [0, 0.1) is 0 Å². The minimum Gasteiger partial charge on any atom is -0.497 e. The number of thiophene rings is 1. The molecule has 0 spiro atoms. The summed E-state index contributed by atoms with van der Waals surface area (Å²) in [4.78, 5) is 1.36. The fourth-order valence-corrected chi connectivity index (χ4v) is 3.00. The number of benzene rings is 1. The average Bonchev–Trinajstić information content (AvgIpc) is 2.92. The second-order valence-corrected chi connectivity index (χ2v) is 5.95. The van der Waals surface area contributed by atoms with Crippen LogP contribution in [0.15, 0.2) is 41.8 Å². The Bertz CT molecular complexity index is 538. The van der Waals surface area contributed by atoms with E-state index in [4.69, 9.17) is 17.0 Å². The van der Waals surface area contributed by atoms with E-state index in [-0.39, 0.29) is 0 Å². The fraction of sp³-hybridized carbons (Fsp3) is 0.267. The van der Waals surface area contributed by atoms with Gasteiger partial charge in [-0.1, -0.05) is 6.07 Å². The van der Waals surface area contributed by atoms with Crippen molar-refractivity contribution in [2.45, 2.75) is 19.4 Å². The summed E-state index contributed by atoms with van der Waals surface area (Å²) in [5.41, 5.74) is 0.951. The Morgan fingerprint density at radius 3 is 2.65 bits per heavy atom. The third-order valence-corrected chi connectivity index (χ3v) is 3.93. The van der Waals surface area contributed by atoms with Gasteiger partial charge in [0.25, 0.3) is 0 Å². The van der Waals surface area contributed by atoms with Crippen LogP contribution in [0.25, 0.3) is 0 Å². The maximum Gasteiger partial charge on any atom is 0.170 e. The topological polar surface area (TPSA) is 33.3 Å². The van der Waals surface area contributed by atoms with E-state index in [9.17, 15) is 0 Å². The molecule has 5 heteroatoms. The van der Waals surface area contributed by atoms with Crippen molar-refractivity contribution < 1.29 is 4.74 Å². The molecule has 2 rings (SSSR count). The molecule has 0 aliphatic rings. The van der Waals surface area contributed by atoms with E-state index >= 15 is 0 Å². The third kappa shape index (κ3) is 4.51. The summed E-state index contributed by atoms with van der Waals surface area (Å²) in [5, 5.41) is 9.19. The van der Waals surface area contributed by atoms with Crippen molar-refractivity contribution in [3.8, 4) is 5.75 Å². The first kappa shape index (κ1) is 14.8. The summed E-state index contributed by atoms with van der Waals surface area (Å²) in [6.07, 6.45) is 0.974. The zero-order valence-corrected chi connectivity index (χ0v) is 13.2. The van der Waals surface area contributed by atoms with E-state index in [0.29, 0.717) is 11.2 Å². The zero-order valence-electron chi connectivity index (χ0n) is 11.6. The number of rotatable bonds is 5. The number of methoxy groups -OCH3 is 1. The monoisotopic (exact) mass is 306 g/mol. The standard InChI is InChI=1S/C15H18N2OS2/c1-11(10-14-4-3-9-20-14)16-15(19)17-12-5-7-13(18-2)8-6-12/h3-9,11H,10H2,1-2H3,(H2,16,17,19)/t11-/m1/s1. The smallest absolute Gasteiger partial charge is 0.170 e. The molecule has 2 N–H and O–H groups in total. The average molecular weight is 306 g/mol. The van der Waals surface area contributed by atoms with Gasteiger partial charge in [-0.25, -0.2) is 0 Å². The number of ether oxygens (including phenoxy) is 1. The van der Waals surface area contributed by atoms with Gasteiger partial charge in [-0.15, -0.1) is 11.3 Å². The molecule has 1 aromatic heterocycles. The zero-order chi connectivity index (χ0) is 14.4. The van der Waals surface area contributed by atoms with Crippen molar-refractivity contribution in [1.29, 1.82) is 0 Å². The highest BCUT2D eigenvalue weighted by Gasteiger charge is 2.06. The predicted octanol–water partition coefficient (Wildman–Crippen LogP) is 3.67. The molecule has 20 heavy (non-hydrogen) atoms. The second-order valence-electron chi connectivity index (χ2n) is 4.51. The van der Waals surface area contributed by atoms with Crippen LogP contribution in [0.4, 0.5) is 5.69 Å². The van der Waals surface area contributed by atoms with Crippen LogP contribution < -0.4 is 15.4 Å². The minimum atomic E-state index is 0.298. The molecule has 0 radical (unpaired) electrons. The van der Waals surface area contributed by atoms with Gasteiger partial charge in [-0.05, 0) is 54.9 Å². The Labute approximate surface area is 129 Å². The maximum absolute atomic E-state index is 5.32. The SMILES string of the molecule is COc1ccc(NC(=S)N[C@H](C)Cc2cccs2)cc1. The van der Waals surface area contributed by atoms with E-state index in [0.717, 1.165) is 17.9 Å². The lowest BCUT2D eigenvalue weighted by atomic mass is 10.2. The highest BCUT2D eigenvalue weighted by Crippen LogP contribution is 2.15. The Hall–Kier alpha value is -1.59. The molecule has 1 aromatic carbocycles. The number of anilines is 1. The van der Waals surface area contributed by atoms with Gasteiger partial charge in [0.15, 0.2) is 5.11 Å². The van der Waals surface area contributed by atoms with Crippen LogP contribution in [-0.2, 0) is 6.42 Å². The number of hydrogen-bond acceptors (Lipinski definition) is 3. The van der Waals surface area contributed by atoms with E-state index in [1.165, 1.54) is 4.88 Å². The van der Waals surface area contributed by atoms with Gasteiger partial charge in [0.2, 0.25) is 0 Å². The first-order valence-corrected chi connectivity index (χ1v) is 7.70. The van der Waals surface area contributed by atoms with Crippen molar-refractivity contribution >= 4 is 34.4 Å². The lowest BCUT2D eigenvalue weighted by Crippen LogP contribution is -2.36. The van der Waals surface area contributed by atoms with Gasteiger partial charge in [0, 0.05) is 23.0 Å². The molecule has 0 amide bonds. The van der Waals surface area contributed by atoms with Crippen molar-refractivity contribution in [3.63, 3.8) is 0 Å². The highest BCUT2D eigenvalue weighted by atomic mass is 32.1. The molecule has 2 aromatic rings. The molecular weight excluding hydrogens is 288 g/mol. The summed E-state index contributed by atoms with van der Waals surface area (Å²) >= 11 is 7.09. The quantitative estimate of drug-likeness (QED) is 0.826. The first-order chi connectivity index (χ1) is 9.67. The summed E-state index contributed by atoms with van der Waals surface area (Å²) < 4.78 is 5.12. The summed E-state index contributed by atoms with van der Waals surface area (Å²) in [6, 6.07) is 12.2. The molecule has 3 nitrogen and oxygen atoms in total. The fourth-order valence-electron chi connectivity index (χ4n) is 1.85. The van der Waals surface area contributed by atoms with Crippen LogP contribution in [0.3, 0.4) is 0 Å². The molecule has 0 saturated carbocycles. The molecule has 0 aliphatic heterocycles. The molecule has 1 heterocycles. The Balaban J connectivity index is 1.82. The molecule has 0 saturated heterocycles. The Kier molecular flexibility index (Phi) is 5.38. The second kappa shape index (κ2) is 7.26. The minimum absolute atomic E-state index is 0.298. The Morgan fingerprint density at radius 1 is 1.30 bits per heavy atom. The molecular formula is C15H18N2OS2. The van der Waals surface area contributed by atoms with Crippen LogP contribution in [0.1, 0.15) is 11.8 Å². The van der Waals surface area contributed by atoms with Gasteiger partial charge < -0.3 is 15.4 Å². The lowest BCUT2D eigenvalue weighted by Gasteiger charge is -2.16. The number of hydrogen-bond donors (Lipinski definition) is 2. The van der Waals surface area contributed by atoms with Gasteiger partial charge in [-0.2, -0.15) is 0 Å². The molecule has 0 fully saturated rings. The van der Waals surface area contributed by atoms with Gasteiger partial charge >= 0.3 is 0 Å². The van der Waals surface area contributed by atoms with Crippen LogP contribution in [0.2, 0.25) is 0 Å². The van der Waals surface area contributed by atoms with Crippen molar-refractivity contribution in [3.05, 3.63) is 46.7 Å². The number of nitrogens with one attached hydrogen (secondary N) is 2. The maximum atomic E-state index is 5.32. The van der Waals surface area contributed by atoms with Gasteiger partial charge in [0.05, 0.1) is 7.11 Å². The van der Waals surface area contributed by atoms with Crippen LogP contribution in [0.5, 0.6) is 5.75 Å². The summed E-state index contributed by atoms with van der Waals surface area (Å²) in [6.45, 7) is 2.13. The normalized spacial score (nSPS) is 11.7. The van der Waals surface area contributed by atoms with E-state index in [1.54, 1.807) is 18.4 Å². The third-order valence-electron chi connectivity index (χ3n) is 2.81. The highest BCUT2D eigenvalue weighted by molar-refractivity contribution is 7.80. The van der Waals surface area contributed by atoms with Crippen molar-refractivity contribution in [1.82, 2.24) is 5.32 Å². The van der Waals surface area contributed by atoms with E-state index in [2.05, 4.69) is 35.1 Å². The Morgan fingerprint density at radius 2 is 2.05 bits per heavy atom. The molecule has 1 atom stereocenters. The molecule has 0 aliphatic carbocycles. The van der Waals surface area contributed by atoms with Crippen molar-refractivity contribution in [2.24, 2.45) is 0 Å². The summed E-state index contributed by atoms with van der Waals surface area (Å²) in [7, 11) is 1.65. The van der Waals surface area contributed by atoms with Crippen molar-refractivity contribution in [2.75, 3.05) is 12.4 Å². The largest absolute Gasteiger partial charge is 0.497 e. The lowest BCUT2D eigenvalue weighted by molar-refractivity contribution is 0.415. The van der Waals surface area contributed by atoms with Gasteiger partial charge in [-0.3, -0.25) is 0 Å². The van der Waals surface area contributed by atoms with E-state index < -0.39 is 0 Å². The predicted molar refractivity (Wildman–Crippen MR) is 89.8 cm³/mol. The van der Waals surface area contributed by atoms with Crippen LogP contribution >= 0.6 is 23.6 Å². The molecule has 0 unspecified atom stereocenters. The van der Waals surface area contributed by atoms with E-state index in [1.807, 2.05) is 24.3 Å². The summed E-state index contributed by atoms with van der Waals surface area (Å²) in [5.74, 6) is 0.834. The number of thiocarbonyl (C=S) groups is 1.